The molecule has 7 nitrogen and oxygen atoms in total. The lowest BCUT2D eigenvalue weighted by Crippen LogP contribution is -2.36. The van der Waals surface area contributed by atoms with Crippen LogP contribution in [0.15, 0.2) is 28.8 Å². The Kier molecular flexibility index (Phi) is 8.36. The first kappa shape index (κ1) is 22.6. The van der Waals surface area contributed by atoms with Crippen LogP contribution in [0.4, 0.5) is 0 Å². The molecule has 0 radical (unpaired) electrons. The number of nitrogens with zero attached hydrogens (tertiary/aromatic N) is 3. The average molecular weight is 402 g/mol. The molecule has 0 aliphatic heterocycles. The molecule has 0 atom stereocenters. The lowest BCUT2D eigenvalue weighted by molar-refractivity contribution is -0.141. The minimum Gasteiger partial charge on any atom is -0.469 e. The van der Waals surface area contributed by atoms with E-state index in [2.05, 4.69) is 40.9 Å². The number of aryl methyl sites for hydroxylation is 1. The highest BCUT2D eigenvalue weighted by atomic mass is 16.5. The summed E-state index contributed by atoms with van der Waals surface area (Å²) in [4.78, 5) is 30.1. The summed E-state index contributed by atoms with van der Waals surface area (Å²) < 4.78 is 9.99. The Balaban J connectivity index is 1.95. The first-order valence-corrected chi connectivity index (χ1v) is 10.1. The largest absolute Gasteiger partial charge is 0.469 e. The van der Waals surface area contributed by atoms with E-state index >= 15 is 0 Å². The molecule has 1 heterocycles. The molecule has 158 valence electrons. The molecule has 2 aromatic rings. The molecule has 29 heavy (non-hydrogen) atoms. The van der Waals surface area contributed by atoms with Gasteiger partial charge >= 0.3 is 5.97 Å². The van der Waals surface area contributed by atoms with Gasteiger partial charge < -0.3 is 14.2 Å². The second-order valence-electron chi connectivity index (χ2n) is 7.85. The van der Waals surface area contributed by atoms with Crippen LogP contribution in [0.25, 0.3) is 11.4 Å². The molecule has 1 aromatic heterocycles. The van der Waals surface area contributed by atoms with E-state index < -0.39 is 0 Å². The van der Waals surface area contributed by atoms with Crippen molar-refractivity contribution in [2.45, 2.75) is 52.9 Å². The zero-order valence-electron chi connectivity index (χ0n) is 18.0. The number of amides is 1. The second kappa shape index (κ2) is 10.7. The van der Waals surface area contributed by atoms with Crippen LogP contribution < -0.4 is 0 Å². The fraction of sp³-hybridized carbons (Fsp3) is 0.545. The molecule has 0 bridgehead atoms. The Morgan fingerprint density at radius 2 is 1.79 bits per heavy atom. The average Bonchev–Trinajstić information content (AvgIpc) is 3.17. The highest BCUT2D eigenvalue weighted by Gasteiger charge is 2.18. The van der Waals surface area contributed by atoms with Gasteiger partial charge in [-0.25, -0.2) is 0 Å². The Morgan fingerprint density at radius 3 is 2.38 bits per heavy atom. The first-order valence-electron chi connectivity index (χ1n) is 10.1. The van der Waals surface area contributed by atoms with Gasteiger partial charge in [0.1, 0.15) is 0 Å². The SMILES string of the molecule is COC(=O)CCN(CC(C)C)C(=O)CCc1nc(-c2ccc(C(C)C)cc2)no1. The molecule has 0 aliphatic rings. The van der Waals surface area contributed by atoms with E-state index in [0.717, 1.165) is 5.56 Å². The molecule has 0 fully saturated rings. The molecule has 0 aliphatic carbocycles. The van der Waals surface area contributed by atoms with Crippen LogP contribution in [0.3, 0.4) is 0 Å². The zero-order chi connectivity index (χ0) is 21.4. The normalized spacial score (nSPS) is 11.1. The van der Waals surface area contributed by atoms with Gasteiger partial charge in [-0.1, -0.05) is 57.1 Å². The van der Waals surface area contributed by atoms with E-state index in [1.807, 2.05) is 26.0 Å². The molecule has 0 unspecified atom stereocenters. The number of carbonyl (C=O) groups is 2. The smallest absolute Gasteiger partial charge is 0.307 e. The van der Waals surface area contributed by atoms with Crippen molar-refractivity contribution in [1.82, 2.24) is 15.0 Å². The lowest BCUT2D eigenvalue weighted by atomic mass is 10.0. The predicted molar refractivity (Wildman–Crippen MR) is 110 cm³/mol. The summed E-state index contributed by atoms with van der Waals surface area (Å²) in [7, 11) is 1.35. The van der Waals surface area contributed by atoms with Gasteiger partial charge in [0.25, 0.3) is 0 Å². The van der Waals surface area contributed by atoms with Crippen molar-refractivity contribution in [3.05, 3.63) is 35.7 Å². The lowest BCUT2D eigenvalue weighted by Gasteiger charge is -2.24. The van der Waals surface area contributed by atoms with Crippen molar-refractivity contribution in [2.75, 3.05) is 20.2 Å². The quantitative estimate of drug-likeness (QED) is 0.562. The van der Waals surface area contributed by atoms with E-state index in [0.29, 0.717) is 43.1 Å². The molecule has 1 amide bonds. The fourth-order valence-electron chi connectivity index (χ4n) is 2.95. The summed E-state index contributed by atoms with van der Waals surface area (Å²) in [5.74, 6) is 1.36. The van der Waals surface area contributed by atoms with Crippen LogP contribution in [0.2, 0.25) is 0 Å². The van der Waals surface area contributed by atoms with Crippen molar-refractivity contribution in [3.8, 4) is 11.4 Å². The number of rotatable bonds is 10. The van der Waals surface area contributed by atoms with Crippen molar-refractivity contribution in [3.63, 3.8) is 0 Å². The van der Waals surface area contributed by atoms with E-state index in [1.54, 1.807) is 4.90 Å². The Morgan fingerprint density at radius 1 is 1.10 bits per heavy atom. The number of methoxy groups -OCH3 is 1. The maximum atomic E-state index is 12.6. The number of hydrogen-bond donors (Lipinski definition) is 0. The third-order valence-corrected chi connectivity index (χ3v) is 4.61. The van der Waals surface area contributed by atoms with E-state index in [-0.39, 0.29) is 24.7 Å². The molecule has 1 aromatic carbocycles. The molecule has 7 heteroatoms. The van der Waals surface area contributed by atoms with Crippen LogP contribution in [0, 0.1) is 5.92 Å². The first-order chi connectivity index (χ1) is 13.8. The van der Waals surface area contributed by atoms with Crippen LogP contribution in [0.1, 0.15) is 57.9 Å². The monoisotopic (exact) mass is 401 g/mol. The van der Waals surface area contributed by atoms with E-state index in [1.165, 1.54) is 12.7 Å². The van der Waals surface area contributed by atoms with Gasteiger partial charge in [-0.15, -0.1) is 0 Å². The summed E-state index contributed by atoms with van der Waals surface area (Å²) in [5.41, 5.74) is 2.13. The zero-order valence-corrected chi connectivity index (χ0v) is 18.0. The molecule has 2 rings (SSSR count). The molecule has 0 N–H and O–H groups in total. The summed E-state index contributed by atoms with van der Waals surface area (Å²) in [6.07, 6.45) is 0.802. The van der Waals surface area contributed by atoms with Crippen LogP contribution in [0.5, 0.6) is 0 Å². The maximum Gasteiger partial charge on any atom is 0.307 e. The fourth-order valence-corrected chi connectivity index (χ4v) is 2.95. The number of carbonyl (C=O) groups excluding carboxylic acids is 2. The summed E-state index contributed by atoms with van der Waals surface area (Å²) in [6, 6.07) is 8.08. The molecular formula is C22H31N3O4. The van der Waals surface area contributed by atoms with Crippen LogP contribution in [-0.4, -0.2) is 47.1 Å². The van der Waals surface area contributed by atoms with Crippen molar-refractivity contribution < 1.29 is 18.8 Å². The van der Waals surface area contributed by atoms with Gasteiger partial charge in [0.2, 0.25) is 17.6 Å². The standard InChI is InChI=1S/C22H31N3O4/c1-15(2)14-25(13-12-21(27)28-5)20(26)11-10-19-23-22(24-29-19)18-8-6-17(7-9-18)16(3)4/h6-9,15-16H,10-14H2,1-5H3. The molecule has 0 saturated heterocycles. The third kappa shape index (κ3) is 7.00. The second-order valence-corrected chi connectivity index (χ2v) is 7.85. The number of ether oxygens (including phenoxy) is 1. The summed E-state index contributed by atoms with van der Waals surface area (Å²) in [6.45, 7) is 9.30. The highest BCUT2D eigenvalue weighted by Crippen LogP contribution is 2.21. The van der Waals surface area contributed by atoms with Gasteiger partial charge in [0.05, 0.1) is 13.5 Å². The van der Waals surface area contributed by atoms with Gasteiger partial charge in [-0.2, -0.15) is 4.98 Å². The van der Waals surface area contributed by atoms with Gasteiger partial charge in [-0.05, 0) is 17.4 Å². The highest BCUT2D eigenvalue weighted by molar-refractivity contribution is 5.77. The maximum absolute atomic E-state index is 12.6. The van der Waals surface area contributed by atoms with Crippen molar-refractivity contribution in [1.29, 1.82) is 0 Å². The summed E-state index contributed by atoms with van der Waals surface area (Å²) in [5, 5.41) is 4.03. The van der Waals surface area contributed by atoms with Crippen molar-refractivity contribution >= 4 is 11.9 Å². The minimum absolute atomic E-state index is 0.0383. The van der Waals surface area contributed by atoms with Crippen molar-refractivity contribution in [2.24, 2.45) is 5.92 Å². The van der Waals surface area contributed by atoms with Crippen LogP contribution in [-0.2, 0) is 20.7 Å². The number of benzene rings is 1. The molecular weight excluding hydrogens is 370 g/mol. The minimum atomic E-state index is -0.323. The molecule has 0 saturated carbocycles. The Hall–Kier alpha value is -2.70. The van der Waals surface area contributed by atoms with E-state index in [9.17, 15) is 9.59 Å². The van der Waals surface area contributed by atoms with Gasteiger partial charge in [-0.3, -0.25) is 9.59 Å². The van der Waals surface area contributed by atoms with Gasteiger partial charge in [0, 0.05) is 31.5 Å². The van der Waals surface area contributed by atoms with Crippen LogP contribution >= 0.6 is 0 Å². The number of esters is 1. The third-order valence-electron chi connectivity index (χ3n) is 4.61. The topological polar surface area (TPSA) is 85.5 Å². The Labute approximate surface area is 172 Å². The van der Waals surface area contributed by atoms with E-state index in [4.69, 9.17) is 4.52 Å². The summed E-state index contributed by atoms with van der Waals surface area (Å²) >= 11 is 0. The number of aromatic nitrogens is 2. The molecule has 0 spiro atoms. The number of hydrogen-bond acceptors (Lipinski definition) is 6. The Bertz CT molecular complexity index is 797. The predicted octanol–water partition coefficient (Wildman–Crippen LogP) is 3.84. The van der Waals surface area contributed by atoms with Gasteiger partial charge in [0.15, 0.2) is 0 Å².